The zero-order valence-corrected chi connectivity index (χ0v) is 18.2. The van der Waals surface area contributed by atoms with E-state index in [2.05, 4.69) is 49.0 Å². The molecule has 3 aromatic carbocycles. The molecule has 0 saturated carbocycles. The van der Waals surface area contributed by atoms with Crippen molar-refractivity contribution < 1.29 is 14.3 Å². The van der Waals surface area contributed by atoms with Crippen molar-refractivity contribution in [2.45, 2.75) is 0 Å². The van der Waals surface area contributed by atoms with Crippen LogP contribution in [0.25, 0.3) is 0 Å². The highest BCUT2D eigenvalue weighted by molar-refractivity contribution is 14.1. The number of amides is 1. The molecule has 0 radical (unpaired) electrons. The average Bonchev–Trinajstić information content (AvgIpc) is 2.69. The summed E-state index contributed by atoms with van der Waals surface area (Å²) >= 11 is 5.47. The zero-order chi connectivity index (χ0) is 19.9. The van der Waals surface area contributed by atoms with Gasteiger partial charge in [0.05, 0.1) is 11.8 Å². The van der Waals surface area contributed by atoms with Crippen molar-refractivity contribution >= 4 is 56.6 Å². The van der Waals surface area contributed by atoms with Gasteiger partial charge in [-0.25, -0.2) is 10.2 Å². The Morgan fingerprint density at radius 2 is 1.75 bits per heavy atom. The number of hydrogen-bond acceptors (Lipinski definition) is 4. The number of nitrogens with zero attached hydrogens (tertiary/aromatic N) is 1. The van der Waals surface area contributed by atoms with Crippen LogP contribution in [-0.4, -0.2) is 18.1 Å². The summed E-state index contributed by atoms with van der Waals surface area (Å²) in [5.74, 6) is -0.312. The second-order valence-corrected chi connectivity index (χ2v) is 7.75. The molecule has 3 aromatic rings. The molecular weight excluding hydrogens is 535 g/mol. The normalized spacial score (nSPS) is 10.6. The summed E-state index contributed by atoms with van der Waals surface area (Å²) in [5, 5.41) is 3.96. The number of hydrogen-bond donors (Lipinski definition) is 1. The van der Waals surface area contributed by atoms with Gasteiger partial charge in [-0.2, -0.15) is 5.10 Å². The Hall–Kier alpha value is -2.52. The van der Waals surface area contributed by atoms with E-state index in [1.807, 2.05) is 18.2 Å². The number of halogens is 2. The highest BCUT2D eigenvalue weighted by atomic mass is 127. The lowest BCUT2D eigenvalue weighted by molar-refractivity contribution is 0.0733. The number of hydrazone groups is 1. The van der Waals surface area contributed by atoms with Crippen LogP contribution in [0.1, 0.15) is 26.3 Å². The van der Waals surface area contributed by atoms with E-state index in [-0.39, 0.29) is 5.91 Å². The molecule has 0 heterocycles. The van der Waals surface area contributed by atoms with Crippen molar-refractivity contribution in [3.63, 3.8) is 0 Å². The van der Waals surface area contributed by atoms with Crippen molar-refractivity contribution in [2.24, 2.45) is 5.10 Å². The van der Waals surface area contributed by atoms with E-state index in [1.54, 1.807) is 54.6 Å². The standard InChI is InChI=1S/C21H14BrIN2O3/c22-19-7-2-1-6-18(19)21(27)28-17-10-8-14(9-11-17)13-24-25-20(26)15-4-3-5-16(23)12-15/h1-13H,(H,25,26)/b24-13-. The van der Waals surface area contributed by atoms with Crippen LogP contribution >= 0.6 is 38.5 Å². The first-order valence-corrected chi connectivity index (χ1v) is 10.1. The Balaban J connectivity index is 1.58. The van der Waals surface area contributed by atoms with Gasteiger partial charge in [0.2, 0.25) is 0 Å². The number of rotatable bonds is 5. The predicted molar refractivity (Wildman–Crippen MR) is 120 cm³/mol. The number of benzene rings is 3. The molecule has 1 N–H and O–H groups in total. The van der Waals surface area contributed by atoms with Gasteiger partial charge in [-0.1, -0.05) is 18.2 Å². The van der Waals surface area contributed by atoms with Gasteiger partial charge in [0.25, 0.3) is 5.91 Å². The number of carbonyl (C=O) groups excluding carboxylic acids is 2. The summed E-state index contributed by atoms with van der Waals surface area (Å²) in [7, 11) is 0. The summed E-state index contributed by atoms with van der Waals surface area (Å²) < 4.78 is 7.01. The molecule has 0 fully saturated rings. The van der Waals surface area contributed by atoms with Crippen LogP contribution in [0, 0.1) is 3.57 Å². The second kappa shape index (κ2) is 9.61. The molecule has 0 atom stereocenters. The lowest BCUT2D eigenvalue weighted by Crippen LogP contribution is -2.17. The van der Waals surface area contributed by atoms with Gasteiger partial charge in [0, 0.05) is 13.6 Å². The molecule has 28 heavy (non-hydrogen) atoms. The summed E-state index contributed by atoms with van der Waals surface area (Å²) in [5.41, 5.74) is 4.23. The first kappa shape index (κ1) is 20.2. The van der Waals surface area contributed by atoms with E-state index in [0.29, 0.717) is 21.3 Å². The Labute approximate surface area is 184 Å². The van der Waals surface area contributed by atoms with Crippen LogP contribution < -0.4 is 10.2 Å². The Kier molecular flexibility index (Phi) is 6.94. The summed E-state index contributed by atoms with van der Waals surface area (Å²) in [6, 6.07) is 21.1. The summed E-state index contributed by atoms with van der Waals surface area (Å²) in [4.78, 5) is 24.2. The molecule has 0 aliphatic carbocycles. The fourth-order valence-corrected chi connectivity index (χ4v) is 3.26. The van der Waals surface area contributed by atoms with Crippen LogP contribution in [0.5, 0.6) is 5.75 Å². The molecule has 0 bridgehead atoms. The third-order valence-corrected chi connectivity index (χ3v) is 5.01. The zero-order valence-electron chi connectivity index (χ0n) is 14.4. The minimum atomic E-state index is -0.446. The third-order valence-electron chi connectivity index (χ3n) is 3.65. The SMILES string of the molecule is O=C(N/N=C\c1ccc(OC(=O)c2ccccc2Br)cc1)c1cccc(I)c1. The number of esters is 1. The van der Waals surface area contributed by atoms with Crippen molar-refractivity contribution in [3.8, 4) is 5.75 Å². The van der Waals surface area contributed by atoms with Gasteiger partial charge in [-0.15, -0.1) is 0 Å². The van der Waals surface area contributed by atoms with E-state index >= 15 is 0 Å². The van der Waals surface area contributed by atoms with Gasteiger partial charge >= 0.3 is 5.97 Å². The van der Waals surface area contributed by atoms with Crippen molar-refractivity contribution in [2.75, 3.05) is 0 Å². The van der Waals surface area contributed by atoms with Gasteiger partial charge in [0.1, 0.15) is 5.75 Å². The Morgan fingerprint density at radius 1 is 1.00 bits per heavy atom. The maximum absolute atomic E-state index is 12.2. The second-order valence-electron chi connectivity index (χ2n) is 5.65. The maximum atomic E-state index is 12.2. The fraction of sp³-hybridized carbons (Fsp3) is 0. The van der Waals surface area contributed by atoms with Crippen LogP contribution in [-0.2, 0) is 0 Å². The smallest absolute Gasteiger partial charge is 0.344 e. The molecule has 1 amide bonds. The molecule has 0 aliphatic heterocycles. The average molecular weight is 549 g/mol. The molecule has 0 aliphatic rings. The molecular formula is C21H14BrIN2O3. The predicted octanol–water partition coefficient (Wildman–Crippen LogP) is 5.04. The maximum Gasteiger partial charge on any atom is 0.344 e. The van der Waals surface area contributed by atoms with Crippen molar-refractivity contribution in [1.29, 1.82) is 0 Å². The van der Waals surface area contributed by atoms with Crippen molar-refractivity contribution in [3.05, 3.63) is 97.5 Å². The van der Waals surface area contributed by atoms with E-state index in [9.17, 15) is 9.59 Å². The highest BCUT2D eigenvalue weighted by Gasteiger charge is 2.11. The van der Waals surface area contributed by atoms with Gasteiger partial charge < -0.3 is 4.74 Å². The fourth-order valence-electron chi connectivity index (χ4n) is 2.27. The van der Waals surface area contributed by atoms with Crippen LogP contribution in [0.2, 0.25) is 0 Å². The largest absolute Gasteiger partial charge is 0.423 e. The van der Waals surface area contributed by atoms with Crippen LogP contribution in [0.3, 0.4) is 0 Å². The summed E-state index contributed by atoms with van der Waals surface area (Å²) in [6.45, 7) is 0. The Bertz CT molecular complexity index is 1040. The number of carbonyl (C=O) groups is 2. The van der Waals surface area contributed by atoms with Crippen LogP contribution in [0.4, 0.5) is 0 Å². The van der Waals surface area contributed by atoms with Crippen molar-refractivity contribution in [1.82, 2.24) is 5.43 Å². The molecule has 0 spiro atoms. The lowest BCUT2D eigenvalue weighted by atomic mass is 10.2. The molecule has 0 unspecified atom stereocenters. The van der Waals surface area contributed by atoms with E-state index < -0.39 is 5.97 Å². The van der Waals surface area contributed by atoms with E-state index in [4.69, 9.17) is 4.74 Å². The molecule has 0 aromatic heterocycles. The molecule has 7 heteroatoms. The first-order valence-electron chi connectivity index (χ1n) is 8.19. The number of ether oxygens (including phenoxy) is 1. The Morgan fingerprint density at radius 3 is 2.46 bits per heavy atom. The quantitative estimate of drug-likeness (QED) is 0.160. The van der Waals surface area contributed by atoms with E-state index in [0.717, 1.165) is 9.13 Å². The first-order chi connectivity index (χ1) is 13.5. The topological polar surface area (TPSA) is 67.8 Å². The molecule has 5 nitrogen and oxygen atoms in total. The molecule has 3 rings (SSSR count). The minimum absolute atomic E-state index is 0.284. The van der Waals surface area contributed by atoms with Gasteiger partial charge in [-0.05, 0) is 98.7 Å². The third kappa shape index (κ3) is 5.49. The number of nitrogens with one attached hydrogen (secondary N) is 1. The monoisotopic (exact) mass is 548 g/mol. The van der Waals surface area contributed by atoms with E-state index in [1.165, 1.54) is 6.21 Å². The molecule has 140 valence electrons. The van der Waals surface area contributed by atoms with Gasteiger partial charge in [-0.3, -0.25) is 4.79 Å². The lowest BCUT2D eigenvalue weighted by Gasteiger charge is -2.06. The summed E-state index contributed by atoms with van der Waals surface area (Å²) in [6.07, 6.45) is 1.52. The van der Waals surface area contributed by atoms with Gasteiger partial charge in [0.15, 0.2) is 0 Å². The van der Waals surface area contributed by atoms with Crippen LogP contribution in [0.15, 0.2) is 82.4 Å². The minimum Gasteiger partial charge on any atom is -0.423 e. The molecule has 0 saturated heterocycles. The highest BCUT2D eigenvalue weighted by Crippen LogP contribution is 2.19.